The quantitative estimate of drug-likeness (QED) is 0.859. The van der Waals surface area contributed by atoms with Gasteiger partial charge in [0.15, 0.2) is 0 Å². The van der Waals surface area contributed by atoms with Crippen LogP contribution in [0.1, 0.15) is 16.8 Å². The first-order chi connectivity index (χ1) is 12.2. The zero-order chi connectivity index (χ0) is 17.2. The summed E-state index contributed by atoms with van der Waals surface area (Å²) in [5.74, 6) is 0.303. The Morgan fingerprint density at radius 2 is 2.12 bits per heavy atom. The Bertz CT molecular complexity index is 755. The average molecular weight is 341 g/mol. The van der Waals surface area contributed by atoms with Crippen LogP contribution in [0.3, 0.4) is 0 Å². The van der Waals surface area contributed by atoms with Gasteiger partial charge < -0.3 is 9.64 Å². The van der Waals surface area contributed by atoms with Gasteiger partial charge in [0, 0.05) is 57.1 Å². The lowest BCUT2D eigenvalue weighted by atomic mass is 10.1. The Hall–Kier alpha value is -2.47. The second-order valence-electron chi connectivity index (χ2n) is 6.57. The molecule has 3 heterocycles. The first-order valence-corrected chi connectivity index (χ1v) is 8.54. The number of aromatic nitrogens is 1. The summed E-state index contributed by atoms with van der Waals surface area (Å²) in [6, 6.07) is 10.1. The predicted molar refractivity (Wildman–Crippen MR) is 90.9 cm³/mol. The number of ether oxygens (including phenoxy) is 1. The third kappa shape index (κ3) is 3.49. The lowest BCUT2D eigenvalue weighted by Crippen LogP contribution is -2.52. The highest BCUT2D eigenvalue weighted by molar-refractivity contribution is 5.94. The first-order valence-electron chi connectivity index (χ1n) is 8.54. The van der Waals surface area contributed by atoms with Gasteiger partial charge in [-0.05, 0) is 24.3 Å². The van der Waals surface area contributed by atoms with Gasteiger partial charge in [0.1, 0.15) is 17.7 Å². The average Bonchev–Trinajstić information content (AvgIpc) is 3.03. The number of nitrogens with zero attached hydrogens (tertiary/aromatic N) is 3. The van der Waals surface area contributed by atoms with E-state index in [-0.39, 0.29) is 23.9 Å². The van der Waals surface area contributed by atoms with Gasteiger partial charge in [0.05, 0.1) is 5.56 Å². The minimum absolute atomic E-state index is 0.0280. The molecule has 2 saturated heterocycles. The van der Waals surface area contributed by atoms with Crippen molar-refractivity contribution >= 4 is 5.91 Å². The van der Waals surface area contributed by atoms with Crippen LogP contribution in [0.2, 0.25) is 0 Å². The number of carbonyl (C=O) groups excluding carboxylic acids is 1. The maximum Gasteiger partial charge on any atom is 0.255 e. The van der Waals surface area contributed by atoms with Gasteiger partial charge in [0.2, 0.25) is 0 Å². The molecular weight excluding hydrogens is 321 g/mol. The van der Waals surface area contributed by atoms with Crippen molar-refractivity contribution in [2.75, 3.05) is 26.2 Å². The van der Waals surface area contributed by atoms with Crippen molar-refractivity contribution in [2.24, 2.45) is 0 Å². The molecule has 2 aliphatic rings. The summed E-state index contributed by atoms with van der Waals surface area (Å²) in [4.78, 5) is 20.9. The highest BCUT2D eigenvalue weighted by Gasteiger charge is 2.38. The zero-order valence-corrected chi connectivity index (χ0v) is 13.8. The van der Waals surface area contributed by atoms with Crippen molar-refractivity contribution in [3.05, 3.63) is 60.2 Å². The molecule has 0 spiro atoms. The number of pyridine rings is 1. The number of hydrogen-bond donors (Lipinski definition) is 0. The van der Waals surface area contributed by atoms with Gasteiger partial charge in [-0.3, -0.25) is 14.7 Å². The fourth-order valence-electron chi connectivity index (χ4n) is 3.67. The molecule has 130 valence electrons. The minimum atomic E-state index is -0.290. The molecule has 0 aliphatic carbocycles. The number of amides is 1. The van der Waals surface area contributed by atoms with Crippen molar-refractivity contribution in [1.29, 1.82) is 0 Å². The molecule has 0 N–H and O–H groups in total. The molecule has 1 aromatic carbocycles. The van der Waals surface area contributed by atoms with Gasteiger partial charge in [-0.25, -0.2) is 4.39 Å². The summed E-state index contributed by atoms with van der Waals surface area (Å²) in [5, 5.41) is 0. The number of fused-ring (bicyclic) bond motifs is 1. The molecule has 2 fully saturated rings. The van der Waals surface area contributed by atoms with E-state index in [4.69, 9.17) is 4.74 Å². The SMILES string of the molecule is O=C(c1cccnc1)N1CCN2C[C@H](Oc3cccc(F)c3)C[C@H]2C1. The number of benzene rings is 1. The molecule has 0 bridgehead atoms. The minimum Gasteiger partial charge on any atom is -0.489 e. The van der Waals surface area contributed by atoms with E-state index in [2.05, 4.69) is 9.88 Å². The highest BCUT2D eigenvalue weighted by Crippen LogP contribution is 2.26. The van der Waals surface area contributed by atoms with Crippen LogP contribution in [0.5, 0.6) is 5.75 Å². The van der Waals surface area contributed by atoms with Crippen LogP contribution in [-0.2, 0) is 0 Å². The molecule has 2 aliphatic heterocycles. The summed E-state index contributed by atoms with van der Waals surface area (Å²) < 4.78 is 19.2. The van der Waals surface area contributed by atoms with Gasteiger partial charge in [0.25, 0.3) is 5.91 Å². The van der Waals surface area contributed by atoms with Crippen molar-refractivity contribution < 1.29 is 13.9 Å². The molecule has 2 atom stereocenters. The van der Waals surface area contributed by atoms with Gasteiger partial charge >= 0.3 is 0 Å². The number of rotatable bonds is 3. The molecule has 0 radical (unpaired) electrons. The molecule has 1 amide bonds. The molecule has 25 heavy (non-hydrogen) atoms. The van der Waals surface area contributed by atoms with Gasteiger partial charge in [-0.2, -0.15) is 0 Å². The summed E-state index contributed by atoms with van der Waals surface area (Å²) in [6.45, 7) is 3.05. The smallest absolute Gasteiger partial charge is 0.255 e. The molecule has 5 nitrogen and oxygen atoms in total. The van der Waals surface area contributed by atoms with E-state index in [9.17, 15) is 9.18 Å². The number of halogens is 1. The third-order valence-corrected chi connectivity index (χ3v) is 4.87. The van der Waals surface area contributed by atoms with E-state index in [0.29, 0.717) is 24.4 Å². The summed E-state index contributed by atoms with van der Waals surface area (Å²) in [5.41, 5.74) is 0.626. The Morgan fingerprint density at radius 3 is 2.92 bits per heavy atom. The number of hydrogen-bond acceptors (Lipinski definition) is 4. The van der Waals surface area contributed by atoms with Crippen LogP contribution in [0.15, 0.2) is 48.8 Å². The van der Waals surface area contributed by atoms with Crippen LogP contribution < -0.4 is 4.74 Å². The Kier molecular flexibility index (Phi) is 4.36. The first kappa shape index (κ1) is 16.0. The van der Waals surface area contributed by atoms with E-state index < -0.39 is 0 Å². The molecular formula is C19H20FN3O2. The molecule has 1 aromatic heterocycles. The maximum absolute atomic E-state index is 13.3. The predicted octanol–water partition coefficient (Wildman–Crippen LogP) is 2.20. The fraction of sp³-hybridized carbons (Fsp3) is 0.368. The van der Waals surface area contributed by atoms with E-state index >= 15 is 0 Å². The Labute approximate surface area is 146 Å². The lowest BCUT2D eigenvalue weighted by Gasteiger charge is -2.37. The summed E-state index contributed by atoms with van der Waals surface area (Å²) in [7, 11) is 0. The monoisotopic (exact) mass is 341 g/mol. The van der Waals surface area contributed by atoms with Crippen LogP contribution >= 0.6 is 0 Å². The normalized spacial score (nSPS) is 23.3. The molecule has 4 rings (SSSR count). The summed E-state index contributed by atoms with van der Waals surface area (Å²) in [6.07, 6.45) is 4.15. The van der Waals surface area contributed by atoms with Crippen molar-refractivity contribution in [2.45, 2.75) is 18.6 Å². The van der Waals surface area contributed by atoms with Crippen molar-refractivity contribution in [3.63, 3.8) is 0 Å². The molecule has 0 saturated carbocycles. The van der Waals surface area contributed by atoms with E-state index in [0.717, 1.165) is 19.5 Å². The maximum atomic E-state index is 13.3. The number of carbonyl (C=O) groups is 1. The van der Waals surface area contributed by atoms with Crippen molar-refractivity contribution in [3.8, 4) is 5.75 Å². The fourth-order valence-corrected chi connectivity index (χ4v) is 3.67. The zero-order valence-electron chi connectivity index (χ0n) is 13.8. The topological polar surface area (TPSA) is 45.7 Å². The van der Waals surface area contributed by atoms with Crippen LogP contribution in [0, 0.1) is 5.82 Å². The second kappa shape index (κ2) is 6.80. The third-order valence-electron chi connectivity index (χ3n) is 4.87. The largest absolute Gasteiger partial charge is 0.489 e. The van der Waals surface area contributed by atoms with E-state index in [1.807, 2.05) is 4.90 Å². The molecule has 0 unspecified atom stereocenters. The standard InChI is InChI=1S/C19H20FN3O2/c20-15-4-1-5-17(9-15)25-18-10-16-12-23(8-7-22(16)13-18)19(24)14-3-2-6-21-11-14/h1-6,9,11,16,18H,7-8,10,12-13H2/t16-,18+/m0/s1. The van der Waals surface area contributed by atoms with Crippen LogP contribution in [0.4, 0.5) is 4.39 Å². The van der Waals surface area contributed by atoms with E-state index in [1.54, 1.807) is 36.7 Å². The van der Waals surface area contributed by atoms with Crippen LogP contribution in [-0.4, -0.2) is 59.0 Å². The van der Waals surface area contributed by atoms with Crippen LogP contribution in [0.25, 0.3) is 0 Å². The molecule has 2 aromatic rings. The van der Waals surface area contributed by atoms with E-state index in [1.165, 1.54) is 12.1 Å². The lowest BCUT2D eigenvalue weighted by molar-refractivity contribution is 0.0569. The molecule has 6 heteroatoms. The summed E-state index contributed by atoms with van der Waals surface area (Å²) >= 11 is 0. The van der Waals surface area contributed by atoms with Crippen molar-refractivity contribution in [1.82, 2.24) is 14.8 Å². The van der Waals surface area contributed by atoms with Gasteiger partial charge in [-0.1, -0.05) is 6.07 Å². The number of piperazine rings is 1. The Morgan fingerprint density at radius 1 is 1.20 bits per heavy atom. The second-order valence-corrected chi connectivity index (χ2v) is 6.57. The highest BCUT2D eigenvalue weighted by atomic mass is 19.1. The Balaban J connectivity index is 1.38. The van der Waals surface area contributed by atoms with Gasteiger partial charge in [-0.15, -0.1) is 0 Å².